The molecule has 1 N–H and O–H groups in total. The molecule has 2 rings (SSSR count). The molecular weight excluding hydrogens is 314 g/mol. The molecule has 1 atom stereocenters. The summed E-state index contributed by atoms with van der Waals surface area (Å²) in [4.78, 5) is 12.2. The maximum atomic E-state index is 12.2. The van der Waals surface area contributed by atoms with E-state index in [9.17, 15) is 4.79 Å². The molecule has 2 aromatic carbocycles. The maximum absolute atomic E-state index is 12.2. The van der Waals surface area contributed by atoms with Gasteiger partial charge in [-0.1, -0.05) is 49.4 Å². The fourth-order valence-electron chi connectivity index (χ4n) is 2.93. The molecule has 0 unspecified atom stereocenters. The number of hydrogen-bond acceptors (Lipinski definition) is 3. The number of benzene rings is 2. The van der Waals surface area contributed by atoms with E-state index in [-0.39, 0.29) is 18.1 Å². The van der Waals surface area contributed by atoms with Crippen molar-refractivity contribution in [2.45, 2.75) is 46.4 Å². The molecule has 0 saturated carbocycles. The number of amides is 1. The lowest BCUT2D eigenvalue weighted by molar-refractivity contribution is -0.165. The minimum absolute atomic E-state index is 0.0616. The van der Waals surface area contributed by atoms with Crippen LogP contribution in [0.2, 0.25) is 0 Å². The van der Waals surface area contributed by atoms with Crippen LogP contribution in [-0.2, 0) is 20.8 Å². The van der Waals surface area contributed by atoms with E-state index in [2.05, 4.69) is 36.5 Å². The third-order valence-electron chi connectivity index (χ3n) is 4.31. The molecule has 136 valence electrons. The summed E-state index contributed by atoms with van der Waals surface area (Å²) in [6.07, 6.45) is 0.982. The smallest absolute Gasteiger partial charge is 0.220 e. The van der Waals surface area contributed by atoms with Gasteiger partial charge in [0.25, 0.3) is 0 Å². The Kier molecular flexibility index (Phi) is 7.89. The van der Waals surface area contributed by atoms with Crippen molar-refractivity contribution in [3.63, 3.8) is 0 Å². The third-order valence-corrected chi connectivity index (χ3v) is 4.31. The van der Waals surface area contributed by atoms with Gasteiger partial charge in [0.05, 0.1) is 0 Å². The van der Waals surface area contributed by atoms with Crippen LogP contribution in [0.3, 0.4) is 0 Å². The molecule has 25 heavy (non-hydrogen) atoms. The van der Waals surface area contributed by atoms with Crippen LogP contribution in [0.5, 0.6) is 0 Å². The number of hydrogen-bond donors (Lipinski definition) is 1. The number of carbonyl (C=O) groups is 1. The molecule has 0 aliphatic heterocycles. The van der Waals surface area contributed by atoms with Crippen LogP contribution in [0.1, 0.15) is 39.2 Å². The van der Waals surface area contributed by atoms with Gasteiger partial charge in [-0.3, -0.25) is 4.79 Å². The van der Waals surface area contributed by atoms with Crippen molar-refractivity contribution in [3.8, 4) is 0 Å². The summed E-state index contributed by atoms with van der Waals surface area (Å²) >= 11 is 0. The number of ether oxygens (including phenoxy) is 2. The Morgan fingerprint density at radius 2 is 1.72 bits per heavy atom. The van der Waals surface area contributed by atoms with Gasteiger partial charge in [0.1, 0.15) is 0 Å². The van der Waals surface area contributed by atoms with E-state index in [4.69, 9.17) is 9.47 Å². The Hall–Kier alpha value is -1.91. The SMILES string of the molecule is CCOC(OCC)[C@@H](C)CCC(=O)NCc1cccc2ccccc12. The van der Waals surface area contributed by atoms with Gasteiger partial charge in [0.15, 0.2) is 6.29 Å². The zero-order valence-electron chi connectivity index (χ0n) is 15.5. The molecule has 0 aliphatic rings. The minimum Gasteiger partial charge on any atom is -0.353 e. The van der Waals surface area contributed by atoms with Gasteiger partial charge >= 0.3 is 0 Å². The average Bonchev–Trinajstić information content (AvgIpc) is 2.64. The number of rotatable bonds is 10. The van der Waals surface area contributed by atoms with Crippen LogP contribution in [0, 0.1) is 5.92 Å². The van der Waals surface area contributed by atoms with Gasteiger partial charge in [-0.05, 0) is 36.6 Å². The molecule has 0 saturated heterocycles. The highest BCUT2D eigenvalue weighted by Gasteiger charge is 2.18. The Bertz CT molecular complexity index is 660. The normalized spacial score (nSPS) is 12.5. The Balaban J connectivity index is 1.84. The van der Waals surface area contributed by atoms with Crippen LogP contribution in [0.15, 0.2) is 42.5 Å². The standard InChI is InChI=1S/C21H29NO3/c1-4-24-21(25-5-2)16(3)13-14-20(23)22-15-18-11-8-10-17-9-6-7-12-19(17)18/h6-12,16,21H,4-5,13-15H2,1-3H3,(H,22,23)/t16-/m0/s1. The van der Waals surface area contributed by atoms with E-state index in [1.165, 1.54) is 10.8 Å². The minimum atomic E-state index is -0.235. The molecule has 4 nitrogen and oxygen atoms in total. The lowest BCUT2D eigenvalue weighted by atomic mass is 10.0. The second kappa shape index (κ2) is 10.2. The van der Waals surface area contributed by atoms with E-state index in [0.717, 1.165) is 12.0 Å². The van der Waals surface area contributed by atoms with E-state index < -0.39 is 0 Å². The van der Waals surface area contributed by atoms with Crippen molar-refractivity contribution in [1.82, 2.24) is 5.32 Å². The van der Waals surface area contributed by atoms with Gasteiger partial charge in [0.2, 0.25) is 5.91 Å². The molecule has 0 aromatic heterocycles. The highest BCUT2D eigenvalue weighted by atomic mass is 16.7. The average molecular weight is 343 g/mol. The number of carbonyl (C=O) groups excluding carboxylic acids is 1. The predicted octanol–water partition coefficient (Wildman–Crippen LogP) is 4.27. The van der Waals surface area contributed by atoms with Crippen LogP contribution < -0.4 is 5.32 Å². The maximum Gasteiger partial charge on any atom is 0.220 e. The van der Waals surface area contributed by atoms with Crippen LogP contribution in [0.25, 0.3) is 10.8 Å². The molecule has 0 spiro atoms. The molecule has 0 bridgehead atoms. The summed E-state index contributed by atoms with van der Waals surface area (Å²) < 4.78 is 11.2. The molecule has 1 amide bonds. The Morgan fingerprint density at radius 3 is 2.44 bits per heavy atom. The molecule has 0 heterocycles. The predicted molar refractivity (Wildman–Crippen MR) is 101 cm³/mol. The fourth-order valence-corrected chi connectivity index (χ4v) is 2.93. The quantitative estimate of drug-likeness (QED) is 0.655. The lowest BCUT2D eigenvalue weighted by Crippen LogP contribution is -2.28. The first-order chi connectivity index (χ1) is 12.2. The van der Waals surface area contributed by atoms with Crippen molar-refractivity contribution in [1.29, 1.82) is 0 Å². The molecule has 0 fully saturated rings. The van der Waals surface area contributed by atoms with E-state index >= 15 is 0 Å². The van der Waals surface area contributed by atoms with Crippen molar-refractivity contribution < 1.29 is 14.3 Å². The summed E-state index contributed by atoms with van der Waals surface area (Å²) in [6, 6.07) is 14.4. The summed E-state index contributed by atoms with van der Waals surface area (Å²) in [5.74, 6) is 0.245. The first-order valence-corrected chi connectivity index (χ1v) is 9.12. The zero-order valence-corrected chi connectivity index (χ0v) is 15.5. The highest BCUT2D eigenvalue weighted by Crippen LogP contribution is 2.19. The van der Waals surface area contributed by atoms with Crippen LogP contribution in [0.4, 0.5) is 0 Å². The van der Waals surface area contributed by atoms with E-state index in [1.54, 1.807) is 0 Å². The summed E-state index contributed by atoms with van der Waals surface area (Å²) in [5, 5.41) is 5.41. The molecule has 4 heteroatoms. The molecule has 2 aromatic rings. The summed E-state index contributed by atoms with van der Waals surface area (Å²) in [5.41, 5.74) is 1.14. The number of nitrogens with one attached hydrogen (secondary N) is 1. The lowest BCUT2D eigenvalue weighted by Gasteiger charge is -2.23. The van der Waals surface area contributed by atoms with Gasteiger partial charge in [-0.2, -0.15) is 0 Å². The van der Waals surface area contributed by atoms with Crippen molar-refractivity contribution in [3.05, 3.63) is 48.0 Å². The summed E-state index contributed by atoms with van der Waals surface area (Å²) in [6.45, 7) is 7.75. The van der Waals surface area contributed by atoms with Crippen molar-refractivity contribution >= 4 is 16.7 Å². The largest absolute Gasteiger partial charge is 0.353 e. The molecular formula is C21H29NO3. The fraction of sp³-hybridized carbons (Fsp3) is 0.476. The number of fused-ring (bicyclic) bond motifs is 1. The zero-order chi connectivity index (χ0) is 18.1. The highest BCUT2D eigenvalue weighted by molar-refractivity contribution is 5.86. The van der Waals surface area contributed by atoms with Gasteiger partial charge < -0.3 is 14.8 Å². The summed E-state index contributed by atoms with van der Waals surface area (Å²) in [7, 11) is 0. The Morgan fingerprint density at radius 1 is 1.04 bits per heavy atom. The second-order valence-electron chi connectivity index (χ2n) is 6.21. The topological polar surface area (TPSA) is 47.6 Å². The van der Waals surface area contributed by atoms with E-state index in [1.807, 2.05) is 32.0 Å². The molecule has 0 aliphatic carbocycles. The van der Waals surface area contributed by atoms with Crippen LogP contribution in [-0.4, -0.2) is 25.4 Å². The first-order valence-electron chi connectivity index (χ1n) is 9.12. The van der Waals surface area contributed by atoms with Gasteiger partial charge in [-0.15, -0.1) is 0 Å². The van der Waals surface area contributed by atoms with Crippen molar-refractivity contribution in [2.24, 2.45) is 5.92 Å². The monoisotopic (exact) mass is 343 g/mol. The Labute approximate surface area is 150 Å². The first kappa shape index (κ1) is 19.4. The molecule has 0 radical (unpaired) electrons. The van der Waals surface area contributed by atoms with Gasteiger partial charge in [-0.25, -0.2) is 0 Å². The van der Waals surface area contributed by atoms with Crippen molar-refractivity contribution in [2.75, 3.05) is 13.2 Å². The third kappa shape index (κ3) is 5.83. The van der Waals surface area contributed by atoms with E-state index in [0.29, 0.717) is 26.2 Å². The van der Waals surface area contributed by atoms with Crippen LogP contribution >= 0.6 is 0 Å². The van der Waals surface area contributed by atoms with Gasteiger partial charge in [0, 0.05) is 32.1 Å². The second-order valence-corrected chi connectivity index (χ2v) is 6.21.